The van der Waals surface area contributed by atoms with Crippen LogP contribution in [0.5, 0.6) is 0 Å². The second-order valence-electron chi connectivity index (χ2n) is 7.12. The maximum absolute atomic E-state index is 13.4. The van der Waals surface area contributed by atoms with Crippen LogP contribution in [0.4, 0.5) is 4.39 Å². The Bertz CT molecular complexity index is 999. The molecule has 2 aliphatic rings. The first kappa shape index (κ1) is 17.5. The van der Waals surface area contributed by atoms with Crippen LogP contribution in [0.25, 0.3) is 5.69 Å². The number of rotatable bonds is 4. The largest absolute Gasteiger partial charge is 0.337 e. The third-order valence-electron chi connectivity index (χ3n) is 5.52. The molecule has 1 fully saturated rings. The molecule has 0 spiro atoms. The van der Waals surface area contributed by atoms with E-state index in [-0.39, 0.29) is 17.9 Å². The zero-order valence-corrected chi connectivity index (χ0v) is 16.4. The summed E-state index contributed by atoms with van der Waals surface area (Å²) in [7, 11) is 0. The first-order valence-electron chi connectivity index (χ1n) is 9.59. The van der Waals surface area contributed by atoms with Gasteiger partial charge in [-0.1, -0.05) is 24.8 Å². The van der Waals surface area contributed by atoms with Gasteiger partial charge in [-0.2, -0.15) is 0 Å². The molecule has 0 unspecified atom stereocenters. The molecule has 6 heteroatoms. The third-order valence-corrected chi connectivity index (χ3v) is 6.64. The summed E-state index contributed by atoms with van der Waals surface area (Å²) in [5.74, 6) is 0.843. The Morgan fingerprint density at radius 2 is 1.96 bits per heavy atom. The summed E-state index contributed by atoms with van der Waals surface area (Å²) in [6.45, 7) is 2.23. The van der Waals surface area contributed by atoms with Gasteiger partial charge in [-0.3, -0.25) is 9.98 Å². The molecule has 4 heterocycles. The van der Waals surface area contributed by atoms with Gasteiger partial charge in [-0.25, -0.2) is 4.39 Å². The fraction of sp³-hybridized carbons (Fsp3) is 0.273. The van der Waals surface area contributed by atoms with Gasteiger partial charge < -0.3 is 9.47 Å². The molecule has 142 valence electrons. The smallest absolute Gasteiger partial charge is 0.160 e. The van der Waals surface area contributed by atoms with Crippen molar-refractivity contribution in [3.8, 4) is 5.69 Å². The van der Waals surface area contributed by atoms with Crippen molar-refractivity contribution >= 4 is 16.9 Å². The average molecular weight is 393 g/mol. The summed E-state index contributed by atoms with van der Waals surface area (Å²) in [6.07, 6.45) is 4.95. The van der Waals surface area contributed by atoms with Crippen LogP contribution in [0.1, 0.15) is 36.8 Å². The van der Waals surface area contributed by atoms with E-state index in [0.29, 0.717) is 6.04 Å². The van der Waals surface area contributed by atoms with Crippen molar-refractivity contribution in [3.05, 3.63) is 84.2 Å². The van der Waals surface area contributed by atoms with E-state index in [9.17, 15) is 4.39 Å². The highest BCUT2D eigenvalue weighted by atomic mass is 32.2. The Kier molecular flexibility index (Phi) is 4.43. The van der Waals surface area contributed by atoms with E-state index in [4.69, 9.17) is 4.99 Å². The molecule has 4 nitrogen and oxygen atoms in total. The SMILES string of the molecule is CC[C@@H]1CSC2=N[C@H](c3ccccn3)[C@@H](c3cccn3-c3ccc(F)cc3)N21. The maximum atomic E-state index is 13.4. The number of aliphatic imine (C=N–C) groups is 1. The number of amidine groups is 1. The summed E-state index contributed by atoms with van der Waals surface area (Å²) >= 11 is 1.84. The molecular weight excluding hydrogens is 371 g/mol. The molecule has 1 aromatic carbocycles. The first-order valence-corrected chi connectivity index (χ1v) is 10.6. The molecule has 2 aliphatic heterocycles. The number of benzene rings is 1. The van der Waals surface area contributed by atoms with Crippen molar-refractivity contribution < 1.29 is 4.39 Å². The average Bonchev–Trinajstić information content (AvgIpc) is 3.44. The minimum atomic E-state index is -0.225. The van der Waals surface area contributed by atoms with Crippen molar-refractivity contribution in [2.24, 2.45) is 4.99 Å². The standard InChI is InChI=1S/C22H21FN4S/c1-2-16-14-28-22-25-20(18-6-3-4-12-24-18)21(27(16)22)19-7-5-13-26(19)17-10-8-15(23)9-11-17/h3-13,16,20-21H,2,14H2,1H3/t16-,20-,21-/m1/s1. The number of fused-ring (bicyclic) bond motifs is 1. The summed E-state index contributed by atoms with van der Waals surface area (Å²) in [6, 6.07) is 17.4. The van der Waals surface area contributed by atoms with Crippen LogP contribution >= 0.6 is 11.8 Å². The van der Waals surface area contributed by atoms with E-state index in [1.165, 1.54) is 12.1 Å². The van der Waals surface area contributed by atoms with Crippen LogP contribution in [0.15, 0.2) is 72.0 Å². The van der Waals surface area contributed by atoms with Gasteiger partial charge in [-0.05, 0) is 55.0 Å². The maximum Gasteiger partial charge on any atom is 0.160 e. The minimum Gasteiger partial charge on any atom is -0.337 e. The van der Waals surface area contributed by atoms with Gasteiger partial charge >= 0.3 is 0 Å². The number of halogens is 1. The summed E-state index contributed by atoms with van der Waals surface area (Å²) in [5, 5.41) is 1.11. The van der Waals surface area contributed by atoms with Crippen molar-refractivity contribution in [3.63, 3.8) is 0 Å². The highest BCUT2D eigenvalue weighted by Gasteiger charge is 2.46. The van der Waals surface area contributed by atoms with Crippen molar-refractivity contribution in [1.82, 2.24) is 14.5 Å². The molecule has 3 atom stereocenters. The fourth-order valence-electron chi connectivity index (χ4n) is 4.14. The van der Waals surface area contributed by atoms with Crippen LogP contribution in [0, 0.1) is 5.82 Å². The highest BCUT2D eigenvalue weighted by molar-refractivity contribution is 8.14. The third kappa shape index (κ3) is 2.83. The molecule has 0 radical (unpaired) electrons. The van der Waals surface area contributed by atoms with Crippen molar-refractivity contribution in [2.45, 2.75) is 31.5 Å². The van der Waals surface area contributed by atoms with Crippen LogP contribution in [0.2, 0.25) is 0 Å². The van der Waals surface area contributed by atoms with Gasteiger partial charge in [0.15, 0.2) is 5.17 Å². The molecule has 2 aromatic heterocycles. The zero-order chi connectivity index (χ0) is 19.1. The Morgan fingerprint density at radius 3 is 2.71 bits per heavy atom. The number of nitrogens with zero attached hydrogens (tertiary/aromatic N) is 4. The second kappa shape index (κ2) is 7.09. The molecule has 0 bridgehead atoms. The number of pyridine rings is 1. The number of aromatic nitrogens is 2. The molecule has 28 heavy (non-hydrogen) atoms. The molecule has 0 saturated carbocycles. The van der Waals surface area contributed by atoms with E-state index in [1.807, 2.05) is 48.4 Å². The molecule has 1 saturated heterocycles. The minimum absolute atomic E-state index is 0.0489. The summed E-state index contributed by atoms with van der Waals surface area (Å²) < 4.78 is 15.6. The zero-order valence-electron chi connectivity index (χ0n) is 15.6. The summed E-state index contributed by atoms with van der Waals surface area (Å²) in [4.78, 5) is 12.2. The topological polar surface area (TPSA) is 33.4 Å². The Balaban J connectivity index is 1.62. The van der Waals surface area contributed by atoms with E-state index < -0.39 is 0 Å². The number of hydrogen-bond donors (Lipinski definition) is 0. The molecule has 0 amide bonds. The monoisotopic (exact) mass is 392 g/mol. The van der Waals surface area contributed by atoms with E-state index in [0.717, 1.165) is 34.4 Å². The van der Waals surface area contributed by atoms with Gasteiger partial charge in [0.2, 0.25) is 0 Å². The second-order valence-corrected chi connectivity index (χ2v) is 8.10. The van der Waals surface area contributed by atoms with Crippen LogP contribution in [-0.2, 0) is 0 Å². The highest BCUT2D eigenvalue weighted by Crippen LogP contribution is 2.48. The van der Waals surface area contributed by atoms with Gasteiger partial charge in [0.25, 0.3) is 0 Å². The lowest BCUT2D eigenvalue weighted by molar-refractivity contribution is 0.249. The van der Waals surface area contributed by atoms with E-state index in [1.54, 1.807) is 0 Å². The predicted octanol–water partition coefficient (Wildman–Crippen LogP) is 4.99. The first-order chi connectivity index (χ1) is 13.8. The molecular formula is C22H21FN4S. The van der Waals surface area contributed by atoms with Gasteiger partial charge in [-0.15, -0.1) is 0 Å². The lowest BCUT2D eigenvalue weighted by Crippen LogP contribution is -2.36. The predicted molar refractivity (Wildman–Crippen MR) is 111 cm³/mol. The Hall–Kier alpha value is -2.60. The van der Waals surface area contributed by atoms with Gasteiger partial charge in [0.05, 0.1) is 5.69 Å². The quantitative estimate of drug-likeness (QED) is 0.627. The van der Waals surface area contributed by atoms with E-state index in [2.05, 4.69) is 39.6 Å². The molecule has 0 aliphatic carbocycles. The lowest BCUT2D eigenvalue weighted by Gasteiger charge is -2.32. The van der Waals surface area contributed by atoms with E-state index >= 15 is 0 Å². The number of thioether (sulfide) groups is 1. The fourth-order valence-corrected chi connectivity index (χ4v) is 5.48. The van der Waals surface area contributed by atoms with Crippen molar-refractivity contribution in [2.75, 3.05) is 5.75 Å². The lowest BCUT2D eigenvalue weighted by atomic mass is 9.99. The van der Waals surface area contributed by atoms with Crippen LogP contribution in [-0.4, -0.2) is 31.4 Å². The normalized spacial score (nSPS) is 23.7. The van der Waals surface area contributed by atoms with Crippen LogP contribution in [0.3, 0.4) is 0 Å². The summed E-state index contributed by atoms with van der Waals surface area (Å²) in [5.41, 5.74) is 3.09. The molecule has 3 aromatic rings. The van der Waals surface area contributed by atoms with Crippen molar-refractivity contribution in [1.29, 1.82) is 0 Å². The molecule has 5 rings (SSSR count). The molecule has 0 N–H and O–H groups in total. The Labute approximate surface area is 168 Å². The van der Waals surface area contributed by atoms with Crippen LogP contribution < -0.4 is 0 Å². The number of hydrogen-bond acceptors (Lipinski definition) is 4. The Morgan fingerprint density at radius 1 is 1.11 bits per heavy atom. The van der Waals surface area contributed by atoms with Gasteiger partial charge in [0.1, 0.15) is 17.9 Å². The van der Waals surface area contributed by atoms with Gasteiger partial charge in [0, 0.05) is 35.6 Å².